The molecule has 130 valence electrons. The van der Waals surface area contributed by atoms with Crippen molar-refractivity contribution in [2.24, 2.45) is 0 Å². The van der Waals surface area contributed by atoms with Crippen LogP contribution in [-0.4, -0.2) is 20.7 Å². The van der Waals surface area contributed by atoms with E-state index in [-0.39, 0.29) is 23.7 Å². The first-order chi connectivity index (χ1) is 12.0. The van der Waals surface area contributed by atoms with E-state index in [0.29, 0.717) is 5.02 Å². The van der Waals surface area contributed by atoms with Crippen molar-refractivity contribution in [3.05, 3.63) is 57.0 Å². The highest BCUT2D eigenvalue weighted by atomic mass is 35.5. The molecule has 2 aromatic heterocycles. The number of aromatic nitrogens is 3. The highest BCUT2D eigenvalue weighted by Crippen LogP contribution is 2.24. The Morgan fingerprint density at radius 3 is 2.84 bits per heavy atom. The largest absolute Gasteiger partial charge is 0.398 e. The Kier molecular flexibility index (Phi) is 4.95. The third-order valence-electron chi connectivity index (χ3n) is 3.35. The Bertz CT molecular complexity index is 897. The SMILES string of the molecule is Nc1ccc(Cl)cc1C(=O)Nc1nnc(C(F)F)n1Cc1cccs1. The van der Waals surface area contributed by atoms with Crippen molar-refractivity contribution in [1.82, 2.24) is 14.8 Å². The van der Waals surface area contributed by atoms with Crippen molar-refractivity contribution >= 4 is 40.5 Å². The summed E-state index contributed by atoms with van der Waals surface area (Å²) in [7, 11) is 0. The summed E-state index contributed by atoms with van der Waals surface area (Å²) >= 11 is 7.27. The van der Waals surface area contributed by atoms with Crippen LogP contribution in [-0.2, 0) is 6.54 Å². The number of alkyl halides is 2. The van der Waals surface area contributed by atoms with Gasteiger partial charge in [0.2, 0.25) is 11.8 Å². The van der Waals surface area contributed by atoms with E-state index in [1.807, 2.05) is 5.38 Å². The number of nitrogens with one attached hydrogen (secondary N) is 1. The summed E-state index contributed by atoms with van der Waals surface area (Å²) in [5.74, 6) is -1.23. The molecule has 10 heteroatoms. The van der Waals surface area contributed by atoms with Crippen molar-refractivity contribution in [2.45, 2.75) is 13.0 Å². The van der Waals surface area contributed by atoms with Crippen LogP contribution in [0.15, 0.2) is 35.7 Å². The van der Waals surface area contributed by atoms with Crippen LogP contribution in [0.4, 0.5) is 20.4 Å². The Labute approximate surface area is 150 Å². The average molecular weight is 384 g/mol. The lowest BCUT2D eigenvalue weighted by Gasteiger charge is -2.11. The van der Waals surface area contributed by atoms with E-state index in [1.54, 1.807) is 18.2 Å². The molecular weight excluding hydrogens is 372 g/mol. The molecule has 0 saturated carbocycles. The minimum atomic E-state index is -2.82. The van der Waals surface area contributed by atoms with E-state index in [4.69, 9.17) is 17.3 Å². The molecule has 0 radical (unpaired) electrons. The van der Waals surface area contributed by atoms with Gasteiger partial charge >= 0.3 is 0 Å². The number of carbonyl (C=O) groups is 1. The number of hydrogen-bond donors (Lipinski definition) is 2. The van der Waals surface area contributed by atoms with Crippen molar-refractivity contribution in [1.29, 1.82) is 0 Å². The fraction of sp³-hybridized carbons (Fsp3) is 0.133. The normalized spacial score (nSPS) is 11.0. The van der Waals surface area contributed by atoms with Gasteiger partial charge in [-0.1, -0.05) is 17.7 Å². The number of rotatable bonds is 5. The van der Waals surface area contributed by atoms with Crippen molar-refractivity contribution < 1.29 is 13.6 Å². The molecule has 0 unspecified atom stereocenters. The summed E-state index contributed by atoms with van der Waals surface area (Å²) in [4.78, 5) is 13.2. The minimum Gasteiger partial charge on any atom is -0.398 e. The first-order valence-corrected chi connectivity index (χ1v) is 8.31. The third kappa shape index (κ3) is 3.77. The van der Waals surface area contributed by atoms with Gasteiger partial charge in [0.25, 0.3) is 12.3 Å². The number of anilines is 2. The van der Waals surface area contributed by atoms with E-state index in [9.17, 15) is 13.6 Å². The smallest absolute Gasteiger partial charge is 0.297 e. The standard InChI is InChI=1S/C15H12ClF2N5OS/c16-8-3-4-11(19)10(6-8)14(24)20-15-22-21-13(12(17)18)23(15)7-9-2-1-5-25-9/h1-6,12H,7,19H2,(H,20,22,24). The molecule has 3 aromatic rings. The molecule has 1 aromatic carbocycles. The molecule has 25 heavy (non-hydrogen) atoms. The van der Waals surface area contributed by atoms with Gasteiger partial charge < -0.3 is 5.73 Å². The molecule has 0 bridgehead atoms. The number of hydrogen-bond acceptors (Lipinski definition) is 5. The molecule has 0 aliphatic carbocycles. The molecular formula is C15H12ClF2N5OS. The first-order valence-electron chi connectivity index (χ1n) is 7.05. The van der Waals surface area contributed by atoms with Gasteiger partial charge in [0, 0.05) is 15.6 Å². The number of nitrogens with zero attached hydrogens (tertiary/aromatic N) is 3. The van der Waals surface area contributed by atoms with Crippen molar-refractivity contribution in [3.8, 4) is 0 Å². The number of halogens is 3. The summed E-state index contributed by atoms with van der Waals surface area (Å²) in [5, 5.41) is 11.8. The topological polar surface area (TPSA) is 85.8 Å². The van der Waals surface area contributed by atoms with Gasteiger partial charge in [-0.2, -0.15) is 0 Å². The lowest BCUT2D eigenvalue weighted by Crippen LogP contribution is -2.18. The Balaban J connectivity index is 1.91. The third-order valence-corrected chi connectivity index (χ3v) is 4.45. The molecule has 0 atom stereocenters. The molecule has 6 nitrogen and oxygen atoms in total. The predicted molar refractivity (Wildman–Crippen MR) is 92.2 cm³/mol. The van der Waals surface area contributed by atoms with Crippen LogP contribution >= 0.6 is 22.9 Å². The molecule has 0 spiro atoms. The zero-order valence-corrected chi connectivity index (χ0v) is 14.2. The van der Waals surface area contributed by atoms with Gasteiger partial charge in [-0.25, -0.2) is 8.78 Å². The summed E-state index contributed by atoms with van der Waals surface area (Å²) in [6.07, 6.45) is -2.82. The maximum Gasteiger partial charge on any atom is 0.297 e. The Hall–Kier alpha value is -2.52. The van der Waals surface area contributed by atoms with Gasteiger partial charge in [-0.15, -0.1) is 21.5 Å². The summed E-state index contributed by atoms with van der Waals surface area (Å²) in [6.45, 7) is 0.116. The summed E-state index contributed by atoms with van der Waals surface area (Å²) < 4.78 is 27.5. The van der Waals surface area contributed by atoms with Crippen LogP contribution in [0, 0.1) is 0 Å². The van der Waals surface area contributed by atoms with Crippen molar-refractivity contribution in [3.63, 3.8) is 0 Å². The molecule has 1 amide bonds. The maximum absolute atomic E-state index is 13.2. The number of benzene rings is 1. The summed E-state index contributed by atoms with van der Waals surface area (Å²) in [6, 6.07) is 8.01. The van der Waals surface area contributed by atoms with Crippen LogP contribution in [0.1, 0.15) is 27.5 Å². The zero-order valence-electron chi connectivity index (χ0n) is 12.6. The van der Waals surface area contributed by atoms with E-state index in [1.165, 1.54) is 23.5 Å². The molecule has 2 heterocycles. The lowest BCUT2D eigenvalue weighted by molar-refractivity contribution is 0.102. The van der Waals surface area contributed by atoms with Crippen LogP contribution in [0.2, 0.25) is 5.02 Å². The maximum atomic E-state index is 13.2. The molecule has 3 N–H and O–H groups in total. The minimum absolute atomic E-state index is 0.0897. The van der Waals surface area contributed by atoms with Gasteiger partial charge in [-0.3, -0.25) is 14.7 Å². The monoisotopic (exact) mass is 383 g/mol. The molecule has 3 rings (SSSR count). The van der Waals surface area contributed by atoms with E-state index < -0.39 is 18.2 Å². The second-order valence-corrected chi connectivity index (χ2v) is 6.50. The predicted octanol–water partition coefficient (Wildman–Crippen LogP) is 3.81. The van der Waals surface area contributed by atoms with E-state index in [2.05, 4.69) is 15.5 Å². The van der Waals surface area contributed by atoms with Gasteiger partial charge in [0.05, 0.1) is 12.1 Å². The van der Waals surface area contributed by atoms with Crippen LogP contribution in [0.25, 0.3) is 0 Å². The lowest BCUT2D eigenvalue weighted by atomic mass is 10.1. The van der Waals surface area contributed by atoms with Gasteiger partial charge in [0.15, 0.2) is 0 Å². The highest BCUT2D eigenvalue weighted by molar-refractivity contribution is 7.09. The number of carbonyl (C=O) groups excluding carboxylic acids is 1. The highest BCUT2D eigenvalue weighted by Gasteiger charge is 2.22. The number of nitrogens with two attached hydrogens (primary N) is 1. The fourth-order valence-corrected chi connectivity index (χ4v) is 3.04. The Morgan fingerprint density at radius 2 is 2.16 bits per heavy atom. The van der Waals surface area contributed by atoms with E-state index >= 15 is 0 Å². The van der Waals surface area contributed by atoms with Gasteiger partial charge in [0.1, 0.15) is 0 Å². The molecule has 0 saturated heterocycles. The fourth-order valence-electron chi connectivity index (χ4n) is 2.18. The van der Waals surface area contributed by atoms with Gasteiger partial charge in [-0.05, 0) is 29.6 Å². The number of thiophene rings is 1. The first kappa shape index (κ1) is 17.3. The quantitative estimate of drug-likeness (QED) is 0.656. The molecule has 0 aliphatic rings. The Morgan fingerprint density at radius 1 is 1.36 bits per heavy atom. The zero-order chi connectivity index (χ0) is 18.0. The number of nitrogen functional groups attached to an aromatic ring is 1. The summed E-state index contributed by atoms with van der Waals surface area (Å²) in [5.41, 5.74) is 6.10. The van der Waals surface area contributed by atoms with Crippen LogP contribution in [0.3, 0.4) is 0 Å². The molecule has 0 aliphatic heterocycles. The average Bonchev–Trinajstić information content (AvgIpc) is 3.21. The van der Waals surface area contributed by atoms with Crippen LogP contribution in [0.5, 0.6) is 0 Å². The van der Waals surface area contributed by atoms with Crippen LogP contribution < -0.4 is 11.1 Å². The van der Waals surface area contributed by atoms with Crippen molar-refractivity contribution in [2.75, 3.05) is 11.1 Å². The number of amides is 1. The molecule has 0 fully saturated rings. The second-order valence-electron chi connectivity index (χ2n) is 5.03. The second kappa shape index (κ2) is 7.16. The van der Waals surface area contributed by atoms with E-state index in [0.717, 1.165) is 9.44 Å².